The van der Waals surface area contributed by atoms with Gasteiger partial charge in [0.15, 0.2) is 0 Å². The Kier molecular flexibility index (Phi) is 3.50. The molecule has 17 heavy (non-hydrogen) atoms. The van der Waals surface area contributed by atoms with Crippen LogP contribution in [0.15, 0.2) is 0 Å². The maximum Gasteiger partial charge on any atom is 0.135 e. The highest BCUT2D eigenvalue weighted by molar-refractivity contribution is 5.57. The first-order valence-corrected chi connectivity index (χ1v) is 6.51. The molecule has 0 aromatic carbocycles. The van der Waals surface area contributed by atoms with Crippen molar-refractivity contribution in [3.8, 4) is 0 Å². The maximum atomic E-state index is 4.59. The summed E-state index contributed by atoms with van der Waals surface area (Å²) in [5.74, 6) is 3.67. The number of anilines is 2. The van der Waals surface area contributed by atoms with E-state index < -0.39 is 0 Å². The van der Waals surface area contributed by atoms with Crippen LogP contribution in [0.3, 0.4) is 0 Å². The van der Waals surface area contributed by atoms with Crippen LogP contribution in [0.5, 0.6) is 0 Å². The Morgan fingerprint density at radius 3 is 2.47 bits per heavy atom. The van der Waals surface area contributed by atoms with Crippen LogP contribution < -0.4 is 10.6 Å². The highest BCUT2D eigenvalue weighted by atomic mass is 15.1. The zero-order valence-electron chi connectivity index (χ0n) is 11.2. The van der Waals surface area contributed by atoms with Gasteiger partial charge in [0.1, 0.15) is 17.5 Å². The molecule has 0 radical (unpaired) electrons. The number of rotatable bonds is 5. The number of aromatic nitrogens is 2. The molecule has 2 rings (SSSR count). The standard InChI is InChI=1S/C13H22N4/c1-5-9-7-10(9)15-13-8(3)12(14-4)16-11(6-2)17-13/h9-10H,5-7H2,1-4H3,(H2,14,15,16,17). The van der Waals surface area contributed by atoms with Crippen molar-refractivity contribution in [3.05, 3.63) is 11.4 Å². The van der Waals surface area contributed by atoms with Crippen LogP contribution in [0.4, 0.5) is 11.6 Å². The minimum atomic E-state index is 0.614. The van der Waals surface area contributed by atoms with E-state index in [1.165, 1.54) is 12.8 Å². The highest BCUT2D eigenvalue weighted by Crippen LogP contribution is 2.36. The quantitative estimate of drug-likeness (QED) is 0.822. The van der Waals surface area contributed by atoms with Gasteiger partial charge in [-0.1, -0.05) is 20.3 Å². The summed E-state index contributed by atoms with van der Waals surface area (Å²) >= 11 is 0. The molecule has 1 aliphatic carbocycles. The van der Waals surface area contributed by atoms with Crippen molar-refractivity contribution in [3.63, 3.8) is 0 Å². The number of aryl methyl sites for hydroxylation is 1. The first-order valence-electron chi connectivity index (χ1n) is 6.51. The van der Waals surface area contributed by atoms with Gasteiger partial charge >= 0.3 is 0 Å². The summed E-state index contributed by atoms with van der Waals surface area (Å²) in [5, 5.41) is 6.68. The molecule has 4 heteroatoms. The fourth-order valence-corrected chi connectivity index (χ4v) is 2.16. The molecule has 0 spiro atoms. The number of hydrogen-bond acceptors (Lipinski definition) is 4. The molecule has 2 N–H and O–H groups in total. The number of nitrogens with zero attached hydrogens (tertiary/aromatic N) is 2. The van der Waals surface area contributed by atoms with Gasteiger partial charge in [-0.05, 0) is 19.3 Å². The van der Waals surface area contributed by atoms with Crippen LogP contribution in [-0.4, -0.2) is 23.1 Å². The van der Waals surface area contributed by atoms with Gasteiger partial charge in [-0.2, -0.15) is 0 Å². The Morgan fingerprint density at radius 1 is 1.24 bits per heavy atom. The van der Waals surface area contributed by atoms with Crippen LogP contribution in [0.25, 0.3) is 0 Å². The molecule has 2 unspecified atom stereocenters. The summed E-state index contributed by atoms with van der Waals surface area (Å²) < 4.78 is 0. The molecule has 1 aromatic rings. The second-order valence-electron chi connectivity index (χ2n) is 4.72. The van der Waals surface area contributed by atoms with E-state index in [4.69, 9.17) is 0 Å². The first-order chi connectivity index (χ1) is 8.19. The van der Waals surface area contributed by atoms with Crippen LogP contribution in [-0.2, 0) is 6.42 Å². The van der Waals surface area contributed by atoms with Gasteiger partial charge in [0.2, 0.25) is 0 Å². The molecule has 1 saturated carbocycles. The van der Waals surface area contributed by atoms with E-state index in [9.17, 15) is 0 Å². The Bertz CT molecular complexity index is 403. The second-order valence-corrected chi connectivity index (χ2v) is 4.72. The number of hydrogen-bond donors (Lipinski definition) is 2. The van der Waals surface area contributed by atoms with E-state index >= 15 is 0 Å². The fraction of sp³-hybridized carbons (Fsp3) is 0.692. The van der Waals surface area contributed by atoms with E-state index in [-0.39, 0.29) is 0 Å². The second kappa shape index (κ2) is 4.90. The molecular formula is C13H22N4. The molecular weight excluding hydrogens is 212 g/mol. The molecule has 94 valence electrons. The third-order valence-corrected chi connectivity index (χ3v) is 3.51. The molecule has 1 fully saturated rings. The van der Waals surface area contributed by atoms with Crippen LogP contribution in [0.2, 0.25) is 0 Å². The zero-order chi connectivity index (χ0) is 12.4. The molecule has 1 heterocycles. The largest absolute Gasteiger partial charge is 0.373 e. The van der Waals surface area contributed by atoms with Crippen molar-refractivity contribution in [2.24, 2.45) is 5.92 Å². The van der Waals surface area contributed by atoms with Crippen molar-refractivity contribution in [1.29, 1.82) is 0 Å². The summed E-state index contributed by atoms with van der Waals surface area (Å²) in [6, 6.07) is 0.614. The predicted octanol–water partition coefficient (Wildman–Crippen LogP) is 2.60. The Hall–Kier alpha value is -1.32. The highest BCUT2D eigenvalue weighted by Gasteiger charge is 2.35. The molecule has 4 nitrogen and oxygen atoms in total. The van der Waals surface area contributed by atoms with Crippen molar-refractivity contribution >= 4 is 11.6 Å². The smallest absolute Gasteiger partial charge is 0.135 e. The average molecular weight is 234 g/mol. The Labute approximate surface area is 103 Å². The lowest BCUT2D eigenvalue weighted by Crippen LogP contribution is -2.12. The third-order valence-electron chi connectivity index (χ3n) is 3.51. The van der Waals surface area contributed by atoms with Crippen LogP contribution in [0, 0.1) is 12.8 Å². The van der Waals surface area contributed by atoms with Crippen LogP contribution >= 0.6 is 0 Å². The minimum Gasteiger partial charge on any atom is -0.373 e. The molecule has 0 amide bonds. The summed E-state index contributed by atoms with van der Waals surface area (Å²) in [4.78, 5) is 9.06. The molecule has 1 aliphatic rings. The van der Waals surface area contributed by atoms with Gasteiger partial charge in [0.05, 0.1) is 0 Å². The van der Waals surface area contributed by atoms with Gasteiger partial charge in [-0.15, -0.1) is 0 Å². The lowest BCUT2D eigenvalue weighted by Gasteiger charge is -2.13. The molecule has 0 bridgehead atoms. The minimum absolute atomic E-state index is 0.614. The van der Waals surface area contributed by atoms with Gasteiger partial charge in [-0.3, -0.25) is 0 Å². The van der Waals surface area contributed by atoms with Crippen molar-refractivity contribution in [1.82, 2.24) is 9.97 Å². The SMILES string of the molecule is CCc1nc(NC)c(C)c(NC2CC2CC)n1. The van der Waals surface area contributed by atoms with Crippen molar-refractivity contribution in [2.45, 2.75) is 46.1 Å². The normalized spacial score (nSPS) is 22.4. The molecule has 2 atom stereocenters. The third kappa shape index (κ3) is 2.51. The van der Waals surface area contributed by atoms with Crippen LogP contribution in [0.1, 0.15) is 38.1 Å². The van der Waals surface area contributed by atoms with Gasteiger partial charge in [0.25, 0.3) is 0 Å². The van der Waals surface area contributed by atoms with Gasteiger partial charge in [0, 0.05) is 25.1 Å². The zero-order valence-corrected chi connectivity index (χ0v) is 11.2. The van der Waals surface area contributed by atoms with E-state index in [0.29, 0.717) is 6.04 Å². The summed E-state index contributed by atoms with van der Waals surface area (Å²) in [7, 11) is 1.91. The maximum absolute atomic E-state index is 4.59. The first kappa shape index (κ1) is 12.1. The fourth-order valence-electron chi connectivity index (χ4n) is 2.16. The topological polar surface area (TPSA) is 49.8 Å². The van der Waals surface area contributed by atoms with Gasteiger partial charge in [-0.25, -0.2) is 9.97 Å². The van der Waals surface area contributed by atoms with E-state index in [0.717, 1.165) is 35.4 Å². The number of nitrogens with one attached hydrogen (secondary N) is 2. The molecule has 0 aliphatic heterocycles. The van der Waals surface area contributed by atoms with E-state index in [2.05, 4.69) is 41.4 Å². The Morgan fingerprint density at radius 2 is 1.94 bits per heavy atom. The monoisotopic (exact) mass is 234 g/mol. The summed E-state index contributed by atoms with van der Waals surface area (Å²) in [6.07, 6.45) is 3.39. The molecule has 1 aromatic heterocycles. The average Bonchev–Trinajstić information content (AvgIpc) is 3.10. The lowest BCUT2D eigenvalue weighted by molar-refractivity contribution is 0.771. The van der Waals surface area contributed by atoms with E-state index in [1.807, 2.05) is 7.05 Å². The van der Waals surface area contributed by atoms with E-state index in [1.54, 1.807) is 0 Å². The van der Waals surface area contributed by atoms with Crippen molar-refractivity contribution < 1.29 is 0 Å². The molecule has 0 saturated heterocycles. The van der Waals surface area contributed by atoms with Crippen molar-refractivity contribution in [2.75, 3.05) is 17.7 Å². The predicted molar refractivity (Wildman–Crippen MR) is 71.5 cm³/mol. The summed E-state index contributed by atoms with van der Waals surface area (Å²) in [5.41, 5.74) is 1.12. The summed E-state index contributed by atoms with van der Waals surface area (Å²) in [6.45, 7) is 6.40. The lowest BCUT2D eigenvalue weighted by atomic mass is 10.2. The van der Waals surface area contributed by atoms with Gasteiger partial charge < -0.3 is 10.6 Å². The Balaban J connectivity index is 2.20.